The zero-order valence-corrected chi connectivity index (χ0v) is 12.8. The maximum atomic E-state index is 13.4. The van der Waals surface area contributed by atoms with Crippen molar-refractivity contribution in [2.24, 2.45) is 0 Å². The maximum Gasteiger partial charge on any atom is 0.224 e. The molecule has 0 radical (unpaired) electrons. The van der Waals surface area contributed by atoms with Crippen molar-refractivity contribution in [2.75, 3.05) is 19.6 Å². The number of benzene rings is 1. The molecule has 1 heterocycles. The van der Waals surface area contributed by atoms with Gasteiger partial charge < -0.3 is 10.2 Å². The monoisotopic (exact) mass is 306 g/mol. The van der Waals surface area contributed by atoms with Gasteiger partial charge in [-0.25, -0.2) is 4.39 Å². The van der Waals surface area contributed by atoms with Crippen LogP contribution < -0.4 is 5.32 Å². The Morgan fingerprint density at radius 1 is 1.23 bits per heavy atom. The van der Waals surface area contributed by atoms with E-state index in [9.17, 15) is 14.0 Å². The highest BCUT2D eigenvalue weighted by Crippen LogP contribution is 2.11. The summed E-state index contributed by atoms with van der Waals surface area (Å²) in [4.78, 5) is 25.5. The third kappa shape index (κ3) is 5.13. The second-order valence-corrected chi connectivity index (χ2v) is 5.66. The number of likely N-dealkylation sites (tertiary alicyclic amines) is 1. The van der Waals surface area contributed by atoms with Crippen molar-refractivity contribution in [1.29, 1.82) is 0 Å². The third-order valence-corrected chi connectivity index (χ3v) is 3.91. The Morgan fingerprint density at radius 3 is 2.86 bits per heavy atom. The maximum absolute atomic E-state index is 13.4. The van der Waals surface area contributed by atoms with Gasteiger partial charge in [0.15, 0.2) is 0 Å². The highest BCUT2D eigenvalue weighted by molar-refractivity contribution is 5.78. The van der Waals surface area contributed by atoms with Gasteiger partial charge in [0.1, 0.15) is 5.82 Å². The van der Waals surface area contributed by atoms with Crippen molar-refractivity contribution in [3.05, 3.63) is 35.6 Å². The number of rotatable bonds is 6. The van der Waals surface area contributed by atoms with E-state index < -0.39 is 0 Å². The number of hydrogen-bond acceptors (Lipinski definition) is 2. The minimum Gasteiger partial charge on any atom is -0.356 e. The number of amides is 2. The number of nitrogens with one attached hydrogen (secondary N) is 1. The van der Waals surface area contributed by atoms with Crippen molar-refractivity contribution in [3.8, 4) is 0 Å². The van der Waals surface area contributed by atoms with Crippen LogP contribution in [-0.4, -0.2) is 36.3 Å². The standard InChI is InChI=1S/C17H23FN2O2/c18-15-8-4-3-7-14(15)13-16(21)19-10-6-12-20-11-5-1-2-9-17(20)22/h3-4,7-8H,1-2,5-6,9-13H2,(H,19,21). The van der Waals surface area contributed by atoms with E-state index in [4.69, 9.17) is 0 Å². The Bertz CT molecular complexity index is 519. The quantitative estimate of drug-likeness (QED) is 0.820. The molecule has 1 saturated heterocycles. The summed E-state index contributed by atoms with van der Waals surface area (Å²) in [7, 11) is 0. The van der Waals surface area contributed by atoms with Crippen LogP contribution in [0.5, 0.6) is 0 Å². The molecule has 2 rings (SSSR count). The first kappa shape index (κ1) is 16.5. The average molecular weight is 306 g/mol. The van der Waals surface area contributed by atoms with Gasteiger partial charge in [0, 0.05) is 26.1 Å². The molecule has 1 aliphatic heterocycles. The lowest BCUT2D eigenvalue weighted by atomic mass is 10.1. The van der Waals surface area contributed by atoms with Gasteiger partial charge in [-0.05, 0) is 30.9 Å². The normalized spacial score (nSPS) is 15.5. The molecule has 120 valence electrons. The molecule has 4 nitrogen and oxygen atoms in total. The minimum absolute atomic E-state index is 0.0509. The van der Waals surface area contributed by atoms with E-state index >= 15 is 0 Å². The fourth-order valence-corrected chi connectivity index (χ4v) is 2.65. The van der Waals surface area contributed by atoms with E-state index in [0.29, 0.717) is 25.1 Å². The van der Waals surface area contributed by atoms with Crippen LogP contribution in [-0.2, 0) is 16.0 Å². The highest BCUT2D eigenvalue weighted by atomic mass is 19.1. The Hall–Kier alpha value is -1.91. The van der Waals surface area contributed by atoms with Crippen molar-refractivity contribution in [1.82, 2.24) is 10.2 Å². The van der Waals surface area contributed by atoms with Crippen LogP contribution in [0, 0.1) is 5.82 Å². The molecule has 0 atom stereocenters. The van der Waals surface area contributed by atoms with Crippen molar-refractivity contribution in [3.63, 3.8) is 0 Å². The first-order valence-corrected chi connectivity index (χ1v) is 7.94. The van der Waals surface area contributed by atoms with Crippen LogP contribution in [0.25, 0.3) is 0 Å². The SMILES string of the molecule is O=C(Cc1ccccc1F)NCCCN1CCCCCC1=O. The molecule has 0 spiro atoms. The Labute approximate surface area is 130 Å². The lowest BCUT2D eigenvalue weighted by molar-refractivity contribution is -0.130. The van der Waals surface area contributed by atoms with Crippen LogP contribution in [0.15, 0.2) is 24.3 Å². The first-order chi connectivity index (χ1) is 10.7. The summed E-state index contributed by atoms with van der Waals surface area (Å²) in [5, 5.41) is 2.78. The number of halogens is 1. The van der Waals surface area contributed by atoms with E-state index in [-0.39, 0.29) is 24.1 Å². The summed E-state index contributed by atoms with van der Waals surface area (Å²) in [5.74, 6) is -0.324. The smallest absolute Gasteiger partial charge is 0.224 e. The van der Waals surface area contributed by atoms with Gasteiger partial charge in [-0.3, -0.25) is 9.59 Å². The molecule has 1 aromatic carbocycles. The molecule has 0 bridgehead atoms. The molecule has 5 heteroatoms. The van der Waals surface area contributed by atoms with Gasteiger partial charge in [-0.2, -0.15) is 0 Å². The highest BCUT2D eigenvalue weighted by Gasteiger charge is 2.15. The van der Waals surface area contributed by atoms with E-state index in [1.165, 1.54) is 6.07 Å². The zero-order valence-electron chi connectivity index (χ0n) is 12.8. The average Bonchev–Trinajstić information content (AvgIpc) is 2.71. The molecule has 2 amide bonds. The third-order valence-electron chi connectivity index (χ3n) is 3.91. The predicted molar refractivity (Wildman–Crippen MR) is 82.8 cm³/mol. The summed E-state index contributed by atoms with van der Waals surface area (Å²) in [6, 6.07) is 6.30. The summed E-state index contributed by atoms with van der Waals surface area (Å²) in [5.41, 5.74) is 0.405. The second-order valence-electron chi connectivity index (χ2n) is 5.66. The Balaban J connectivity index is 1.67. The van der Waals surface area contributed by atoms with Crippen LogP contribution in [0.3, 0.4) is 0 Å². The summed E-state index contributed by atoms with van der Waals surface area (Å²) in [6.07, 6.45) is 4.57. The summed E-state index contributed by atoms with van der Waals surface area (Å²) < 4.78 is 13.4. The fourth-order valence-electron chi connectivity index (χ4n) is 2.65. The van der Waals surface area contributed by atoms with Gasteiger partial charge in [-0.15, -0.1) is 0 Å². The van der Waals surface area contributed by atoms with Crippen LogP contribution >= 0.6 is 0 Å². The molecule has 0 unspecified atom stereocenters. The number of hydrogen-bond donors (Lipinski definition) is 1. The lowest BCUT2D eigenvalue weighted by Crippen LogP contribution is -2.34. The van der Waals surface area contributed by atoms with Crippen molar-refractivity contribution >= 4 is 11.8 Å². The topological polar surface area (TPSA) is 49.4 Å². The first-order valence-electron chi connectivity index (χ1n) is 7.94. The van der Waals surface area contributed by atoms with E-state index in [2.05, 4.69) is 5.32 Å². The van der Waals surface area contributed by atoms with Gasteiger partial charge in [0.05, 0.1) is 6.42 Å². The summed E-state index contributed by atoms with van der Waals surface area (Å²) >= 11 is 0. The molecule has 0 aliphatic carbocycles. The van der Waals surface area contributed by atoms with E-state index in [1.807, 2.05) is 4.90 Å². The number of carbonyl (C=O) groups excluding carboxylic acids is 2. The fraction of sp³-hybridized carbons (Fsp3) is 0.529. The molecule has 0 saturated carbocycles. The molecular formula is C17H23FN2O2. The lowest BCUT2D eigenvalue weighted by Gasteiger charge is -2.20. The van der Waals surface area contributed by atoms with Gasteiger partial charge >= 0.3 is 0 Å². The van der Waals surface area contributed by atoms with Gasteiger partial charge in [-0.1, -0.05) is 24.6 Å². The summed E-state index contributed by atoms with van der Waals surface area (Å²) in [6.45, 7) is 2.01. The van der Waals surface area contributed by atoms with Crippen molar-refractivity contribution in [2.45, 2.75) is 38.5 Å². The number of nitrogens with zero attached hydrogens (tertiary/aromatic N) is 1. The van der Waals surface area contributed by atoms with Crippen molar-refractivity contribution < 1.29 is 14.0 Å². The largest absolute Gasteiger partial charge is 0.356 e. The van der Waals surface area contributed by atoms with Crippen LogP contribution in [0.1, 0.15) is 37.7 Å². The molecule has 1 N–H and O–H groups in total. The molecule has 1 fully saturated rings. The Kier molecular flexibility index (Phi) is 6.37. The predicted octanol–water partition coefficient (Wildman–Crippen LogP) is 2.28. The van der Waals surface area contributed by atoms with E-state index in [1.54, 1.807) is 18.2 Å². The minimum atomic E-state index is -0.354. The van der Waals surface area contributed by atoms with Gasteiger partial charge in [0.2, 0.25) is 11.8 Å². The molecule has 1 aromatic rings. The van der Waals surface area contributed by atoms with Gasteiger partial charge in [0.25, 0.3) is 0 Å². The molecule has 22 heavy (non-hydrogen) atoms. The van der Waals surface area contributed by atoms with Crippen LogP contribution in [0.4, 0.5) is 4.39 Å². The molecule has 0 aromatic heterocycles. The zero-order chi connectivity index (χ0) is 15.8. The van der Waals surface area contributed by atoms with E-state index in [0.717, 1.165) is 32.2 Å². The second kappa shape index (κ2) is 8.51. The van der Waals surface area contributed by atoms with Crippen LogP contribution in [0.2, 0.25) is 0 Å². The number of carbonyl (C=O) groups is 2. The molecule has 1 aliphatic rings. The Morgan fingerprint density at radius 2 is 2.05 bits per heavy atom. The molecular weight excluding hydrogens is 283 g/mol.